The van der Waals surface area contributed by atoms with Gasteiger partial charge in [0.25, 0.3) is 0 Å². The second kappa shape index (κ2) is 17.0. The summed E-state index contributed by atoms with van der Waals surface area (Å²) in [6.07, 6.45) is 6.96. The van der Waals surface area contributed by atoms with Crippen molar-refractivity contribution < 1.29 is 4.74 Å². The SMILES string of the molecule is CC.CCC.CCC.COCCC1=Cc2ccccc2C1. The van der Waals surface area contributed by atoms with E-state index in [0.29, 0.717) is 0 Å². The average molecular weight is 293 g/mol. The monoisotopic (exact) mass is 292 g/mol. The largest absolute Gasteiger partial charge is 0.384 e. The lowest BCUT2D eigenvalue weighted by molar-refractivity contribution is 0.202. The lowest BCUT2D eigenvalue weighted by Gasteiger charge is -1.99. The highest BCUT2D eigenvalue weighted by atomic mass is 16.5. The lowest BCUT2D eigenvalue weighted by Crippen LogP contribution is -1.91. The smallest absolute Gasteiger partial charge is 0.0499 e. The minimum Gasteiger partial charge on any atom is -0.384 e. The van der Waals surface area contributed by atoms with Crippen molar-refractivity contribution in [3.8, 4) is 0 Å². The highest BCUT2D eigenvalue weighted by Gasteiger charge is 2.10. The molecule has 122 valence electrons. The van der Waals surface area contributed by atoms with E-state index in [4.69, 9.17) is 4.74 Å². The van der Waals surface area contributed by atoms with Gasteiger partial charge in [0.05, 0.1) is 0 Å². The predicted octanol–water partition coefficient (Wildman–Crippen LogP) is 6.52. The Balaban J connectivity index is 0. The Morgan fingerprint density at radius 1 is 0.952 bits per heavy atom. The van der Waals surface area contributed by atoms with Crippen molar-refractivity contribution in [2.24, 2.45) is 0 Å². The topological polar surface area (TPSA) is 9.23 Å². The summed E-state index contributed by atoms with van der Waals surface area (Å²) < 4.78 is 5.06. The van der Waals surface area contributed by atoms with Gasteiger partial charge in [-0.2, -0.15) is 0 Å². The molecule has 1 aromatic carbocycles. The average Bonchev–Trinajstić information content (AvgIpc) is 2.91. The molecule has 0 aromatic heterocycles. The van der Waals surface area contributed by atoms with Gasteiger partial charge in [-0.05, 0) is 24.0 Å². The van der Waals surface area contributed by atoms with Crippen LogP contribution in [0.15, 0.2) is 29.8 Å². The summed E-state index contributed by atoms with van der Waals surface area (Å²) in [7, 11) is 1.75. The lowest BCUT2D eigenvalue weighted by atomic mass is 10.1. The third-order valence-corrected chi connectivity index (χ3v) is 2.46. The third-order valence-electron chi connectivity index (χ3n) is 2.46. The van der Waals surface area contributed by atoms with Gasteiger partial charge in [0.2, 0.25) is 0 Å². The second-order valence-electron chi connectivity index (χ2n) is 4.84. The zero-order valence-electron chi connectivity index (χ0n) is 15.3. The Hall–Kier alpha value is -1.08. The summed E-state index contributed by atoms with van der Waals surface area (Å²) in [5, 5.41) is 0. The number of hydrogen-bond acceptors (Lipinski definition) is 1. The van der Waals surface area contributed by atoms with Gasteiger partial charge in [-0.1, -0.05) is 90.3 Å². The molecule has 1 aromatic rings. The molecule has 0 aliphatic heterocycles. The van der Waals surface area contributed by atoms with Crippen LogP contribution in [0.3, 0.4) is 0 Å². The normalized spacial score (nSPS) is 10.7. The van der Waals surface area contributed by atoms with E-state index in [1.807, 2.05) is 13.8 Å². The van der Waals surface area contributed by atoms with Crippen LogP contribution in [0.2, 0.25) is 0 Å². The molecule has 2 rings (SSSR count). The molecule has 0 amide bonds. The minimum absolute atomic E-state index is 0.833. The Morgan fingerprint density at radius 3 is 1.95 bits per heavy atom. The maximum atomic E-state index is 5.06. The molecule has 21 heavy (non-hydrogen) atoms. The minimum atomic E-state index is 0.833. The number of hydrogen-bond donors (Lipinski definition) is 0. The summed E-state index contributed by atoms with van der Waals surface area (Å²) in [5.41, 5.74) is 4.32. The maximum Gasteiger partial charge on any atom is 0.0499 e. The molecule has 0 N–H and O–H groups in total. The van der Waals surface area contributed by atoms with Gasteiger partial charge in [-0.25, -0.2) is 0 Å². The molecule has 0 heterocycles. The van der Waals surface area contributed by atoms with E-state index >= 15 is 0 Å². The fourth-order valence-electron chi connectivity index (χ4n) is 1.75. The van der Waals surface area contributed by atoms with Crippen molar-refractivity contribution in [1.29, 1.82) is 0 Å². The van der Waals surface area contributed by atoms with E-state index < -0.39 is 0 Å². The molecule has 0 radical (unpaired) electrons. The van der Waals surface area contributed by atoms with Crippen molar-refractivity contribution in [3.63, 3.8) is 0 Å². The first-order chi connectivity index (χ1) is 10.2. The van der Waals surface area contributed by atoms with E-state index in [2.05, 4.69) is 58.0 Å². The van der Waals surface area contributed by atoms with Crippen molar-refractivity contribution >= 4 is 6.08 Å². The van der Waals surface area contributed by atoms with E-state index in [1.165, 1.54) is 29.5 Å². The first-order valence-corrected chi connectivity index (χ1v) is 8.49. The fourth-order valence-corrected chi connectivity index (χ4v) is 1.75. The summed E-state index contributed by atoms with van der Waals surface area (Å²) in [6, 6.07) is 8.57. The Kier molecular flexibility index (Phi) is 17.9. The Bertz CT molecular complexity index is 351. The first kappa shape index (κ1) is 22.2. The van der Waals surface area contributed by atoms with Gasteiger partial charge in [-0.3, -0.25) is 0 Å². The summed E-state index contributed by atoms with van der Waals surface area (Å²) in [6.45, 7) is 13.3. The molecule has 1 nitrogen and oxygen atoms in total. The number of ether oxygens (including phenoxy) is 1. The Labute approximate surface area is 133 Å². The molecule has 0 saturated heterocycles. The molecule has 0 fully saturated rings. The standard InChI is InChI=1S/C12H14O.2C3H8.C2H6/c1-13-7-6-10-8-11-4-2-3-5-12(11)9-10;2*1-3-2;1-2/h2-5,8H,6-7,9H2,1H3;2*3H2,1-2H3;1-2H3. The van der Waals surface area contributed by atoms with Crippen LogP contribution >= 0.6 is 0 Å². The van der Waals surface area contributed by atoms with Gasteiger partial charge in [-0.15, -0.1) is 0 Å². The van der Waals surface area contributed by atoms with Crippen LogP contribution < -0.4 is 0 Å². The highest BCUT2D eigenvalue weighted by Crippen LogP contribution is 2.26. The predicted molar refractivity (Wildman–Crippen MR) is 97.9 cm³/mol. The third kappa shape index (κ3) is 11.3. The zero-order valence-corrected chi connectivity index (χ0v) is 15.3. The van der Waals surface area contributed by atoms with Crippen molar-refractivity contribution in [1.82, 2.24) is 0 Å². The summed E-state index contributed by atoms with van der Waals surface area (Å²) >= 11 is 0. The maximum absolute atomic E-state index is 5.06. The van der Waals surface area contributed by atoms with Gasteiger partial charge >= 0.3 is 0 Å². The molecule has 0 spiro atoms. The van der Waals surface area contributed by atoms with Gasteiger partial charge in [0.1, 0.15) is 0 Å². The van der Waals surface area contributed by atoms with Crippen LogP contribution in [0.1, 0.15) is 71.9 Å². The molecule has 1 aliphatic carbocycles. The van der Waals surface area contributed by atoms with Gasteiger partial charge in [0.15, 0.2) is 0 Å². The van der Waals surface area contributed by atoms with Crippen LogP contribution in [0.4, 0.5) is 0 Å². The molecule has 0 atom stereocenters. The highest BCUT2D eigenvalue weighted by molar-refractivity contribution is 5.63. The summed E-state index contributed by atoms with van der Waals surface area (Å²) in [4.78, 5) is 0. The molecular formula is C20H36O. The molecule has 0 unspecified atom stereocenters. The van der Waals surface area contributed by atoms with Crippen LogP contribution in [0, 0.1) is 0 Å². The number of rotatable bonds is 3. The quantitative estimate of drug-likeness (QED) is 0.616. The number of methoxy groups -OCH3 is 1. The first-order valence-electron chi connectivity index (χ1n) is 8.49. The van der Waals surface area contributed by atoms with E-state index in [0.717, 1.165) is 19.4 Å². The van der Waals surface area contributed by atoms with Crippen molar-refractivity contribution in [2.45, 2.75) is 67.2 Å². The fraction of sp³-hybridized carbons (Fsp3) is 0.600. The van der Waals surface area contributed by atoms with Gasteiger partial charge < -0.3 is 4.74 Å². The molecular weight excluding hydrogens is 256 g/mol. The number of benzene rings is 1. The van der Waals surface area contributed by atoms with Crippen LogP contribution in [0.25, 0.3) is 6.08 Å². The molecule has 0 bridgehead atoms. The second-order valence-corrected chi connectivity index (χ2v) is 4.84. The van der Waals surface area contributed by atoms with E-state index in [1.54, 1.807) is 7.11 Å². The van der Waals surface area contributed by atoms with Crippen LogP contribution in [-0.4, -0.2) is 13.7 Å². The van der Waals surface area contributed by atoms with Crippen molar-refractivity contribution in [2.75, 3.05) is 13.7 Å². The van der Waals surface area contributed by atoms with E-state index in [9.17, 15) is 0 Å². The van der Waals surface area contributed by atoms with Gasteiger partial charge in [0, 0.05) is 13.7 Å². The zero-order chi connectivity index (χ0) is 16.5. The summed E-state index contributed by atoms with van der Waals surface area (Å²) in [5.74, 6) is 0. The van der Waals surface area contributed by atoms with Crippen molar-refractivity contribution in [3.05, 3.63) is 41.0 Å². The van der Waals surface area contributed by atoms with Crippen LogP contribution in [-0.2, 0) is 11.2 Å². The Morgan fingerprint density at radius 2 is 1.48 bits per heavy atom. The van der Waals surface area contributed by atoms with E-state index in [-0.39, 0.29) is 0 Å². The molecule has 1 heteroatoms. The molecule has 0 saturated carbocycles. The number of fused-ring (bicyclic) bond motifs is 1. The van der Waals surface area contributed by atoms with Crippen LogP contribution in [0.5, 0.6) is 0 Å². The molecule has 1 aliphatic rings.